The molecule has 1 aliphatic rings. The van der Waals surface area contributed by atoms with E-state index in [2.05, 4.69) is 0 Å². The maximum Gasteiger partial charge on any atom is 0.242 e. The number of nitrogens with zero attached hydrogens (tertiary/aromatic N) is 1. The zero-order chi connectivity index (χ0) is 15.7. The molecule has 21 heavy (non-hydrogen) atoms. The number of fused-ring (bicyclic) bond motifs is 1. The molecule has 0 saturated carbocycles. The Kier molecular flexibility index (Phi) is 4.76. The van der Waals surface area contributed by atoms with E-state index in [-0.39, 0.29) is 5.41 Å². The van der Waals surface area contributed by atoms with E-state index in [4.69, 9.17) is 5.73 Å². The molecule has 1 aromatic carbocycles. The predicted molar refractivity (Wildman–Crippen MR) is 85.7 cm³/mol. The molecular weight excluding hydrogens is 284 g/mol. The van der Waals surface area contributed by atoms with Gasteiger partial charge in [0, 0.05) is 13.6 Å². The zero-order valence-corrected chi connectivity index (χ0v) is 14.0. The van der Waals surface area contributed by atoms with Gasteiger partial charge in [-0.15, -0.1) is 0 Å². The highest BCUT2D eigenvalue weighted by molar-refractivity contribution is 7.89. The van der Waals surface area contributed by atoms with Crippen LogP contribution < -0.4 is 5.73 Å². The smallest absolute Gasteiger partial charge is 0.242 e. The molecule has 0 bridgehead atoms. The molecule has 1 aliphatic carbocycles. The molecule has 0 saturated heterocycles. The van der Waals surface area contributed by atoms with Crippen LogP contribution in [0.5, 0.6) is 0 Å². The Labute approximate surface area is 128 Å². The molecule has 118 valence electrons. The summed E-state index contributed by atoms with van der Waals surface area (Å²) in [6.45, 7) is 4.83. The van der Waals surface area contributed by atoms with E-state index in [1.165, 1.54) is 21.9 Å². The second-order valence-electron chi connectivity index (χ2n) is 6.77. The molecule has 0 aromatic heterocycles. The lowest BCUT2D eigenvalue weighted by atomic mass is 9.92. The first-order chi connectivity index (χ1) is 9.76. The molecule has 0 atom stereocenters. The van der Waals surface area contributed by atoms with E-state index >= 15 is 0 Å². The van der Waals surface area contributed by atoms with E-state index < -0.39 is 10.0 Å². The van der Waals surface area contributed by atoms with Crippen LogP contribution in [0.1, 0.15) is 37.8 Å². The van der Waals surface area contributed by atoms with Gasteiger partial charge in [-0.3, -0.25) is 0 Å². The van der Waals surface area contributed by atoms with Gasteiger partial charge < -0.3 is 5.73 Å². The van der Waals surface area contributed by atoms with Gasteiger partial charge in [-0.25, -0.2) is 12.7 Å². The monoisotopic (exact) mass is 310 g/mol. The molecule has 2 rings (SSSR count). The molecule has 0 amide bonds. The zero-order valence-electron chi connectivity index (χ0n) is 13.2. The van der Waals surface area contributed by atoms with Crippen molar-refractivity contribution in [3.05, 3.63) is 29.3 Å². The second-order valence-corrected chi connectivity index (χ2v) is 8.81. The summed E-state index contributed by atoms with van der Waals surface area (Å²) in [6.07, 6.45) is 4.39. The van der Waals surface area contributed by atoms with Crippen molar-refractivity contribution in [2.75, 3.05) is 20.1 Å². The average Bonchev–Trinajstić information content (AvgIpc) is 2.46. The number of nitrogens with two attached hydrogens (primary N) is 1. The summed E-state index contributed by atoms with van der Waals surface area (Å²) in [5.74, 6) is 0. The molecule has 0 aliphatic heterocycles. The first kappa shape index (κ1) is 16.5. The van der Waals surface area contributed by atoms with Crippen molar-refractivity contribution in [3.8, 4) is 0 Å². The molecule has 2 N–H and O–H groups in total. The lowest BCUT2D eigenvalue weighted by molar-refractivity contribution is 0.292. The summed E-state index contributed by atoms with van der Waals surface area (Å²) in [7, 11) is -1.81. The van der Waals surface area contributed by atoms with E-state index in [1.807, 2.05) is 26.0 Å². The summed E-state index contributed by atoms with van der Waals surface area (Å²) < 4.78 is 26.8. The number of sulfonamides is 1. The van der Waals surface area contributed by atoms with Gasteiger partial charge in [0.1, 0.15) is 0 Å². The highest BCUT2D eigenvalue weighted by atomic mass is 32.2. The fourth-order valence-corrected chi connectivity index (χ4v) is 4.21. The van der Waals surface area contributed by atoms with Gasteiger partial charge in [0.2, 0.25) is 10.0 Å². The largest absolute Gasteiger partial charge is 0.330 e. The van der Waals surface area contributed by atoms with Crippen LogP contribution >= 0.6 is 0 Å². The van der Waals surface area contributed by atoms with Gasteiger partial charge in [-0.2, -0.15) is 0 Å². The van der Waals surface area contributed by atoms with Crippen molar-refractivity contribution in [1.82, 2.24) is 4.31 Å². The van der Waals surface area contributed by atoms with Crippen molar-refractivity contribution in [2.24, 2.45) is 11.1 Å². The van der Waals surface area contributed by atoms with Crippen LogP contribution in [0.4, 0.5) is 0 Å². The number of hydrogen-bond acceptors (Lipinski definition) is 3. The summed E-state index contributed by atoms with van der Waals surface area (Å²) in [4.78, 5) is 0.401. The Morgan fingerprint density at radius 3 is 2.43 bits per heavy atom. The van der Waals surface area contributed by atoms with Gasteiger partial charge in [-0.1, -0.05) is 19.9 Å². The van der Waals surface area contributed by atoms with E-state index in [9.17, 15) is 8.42 Å². The maximum atomic E-state index is 12.7. The minimum atomic E-state index is -3.44. The lowest BCUT2D eigenvalue weighted by Gasteiger charge is -2.28. The van der Waals surface area contributed by atoms with Crippen molar-refractivity contribution < 1.29 is 8.42 Å². The minimum absolute atomic E-state index is 0.226. The molecule has 0 unspecified atom stereocenters. The summed E-state index contributed by atoms with van der Waals surface area (Å²) in [5, 5.41) is 0. The Hall–Kier alpha value is -0.910. The highest BCUT2D eigenvalue weighted by Gasteiger charge is 2.27. The fraction of sp³-hybridized carbons (Fsp3) is 0.625. The van der Waals surface area contributed by atoms with Crippen LogP contribution in [0.3, 0.4) is 0 Å². The summed E-state index contributed by atoms with van der Waals surface area (Å²) >= 11 is 0. The molecule has 4 nitrogen and oxygen atoms in total. The Bertz CT molecular complexity index is 609. The normalized spacial score (nSPS) is 16.0. The standard InChI is InChI=1S/C16H26N2O2S/c1-16(2,11-17)12-18(3)21(19,20)15-9-8-13-6-4-5-7-14(13)10-15/h8-10H,4-7,11-12,17H2,1-3H3. The number of aryl methyl sites for hydroxylation is 2. The Morgan fingerprint density at radius 2 is 1.81 bits per heavy atom. The van der Waals surface area contributed by atoms with Crippen LogP contribution in [-0.4, -0.2) is 32.9 Å². The van der Waals surface area contributed by atoms with Gasteiger partial charge in [0.05, 0.1) is 4.90 Å². The van der Waals surface area contributed by atoms with Crippen molar-refractivity contribution in [1.29, 1.82) is 0 Å². The summed E-state index contributed by atoms with van der Waals surface area (Å²) in [6, 6.07) is 5.57. The molecule has 0 spiro atoms. The minimum Gasteiger partial charge on any atom is -0.330 e. The van der Waals surface area contributed by atoms with Crippen molar-refractivity contribution >= 4 is 10.0 Å². The molecular formula is C16H26N2O2S. The van der Waals surface area contributed by atoms with Gasteiger partial charge in [0.15, 0.2) is 0 Å². The SMILES string of the molecule is CN(CC(C)(C)CN)S(=O)(=O)c1ccc2c(c1)CCCC2. The summed E-state index contributed by atoms with van der Waals surface area (Å²) in [5.41, 5.74) is 7.97. The molecule has 5 heteroatoms. The molecule has 0 radical (unpaired) electrons. The van der Waals surface area contributed by atoms with E-state index in [0.717, 1.165) is 19.3 Å². The van der Waals surface area contributed by atoms with E-state index in [0.29, 0.717) is 18.0 Å². The molecule has 0 heterocycles. The van der Waals surface area contributed by atoms with Crippen LogP contribution in [0.15, 0.2) is 23.1 Å². The number of rotatable bonds is 5. The predicted octanol–water partition coefficient (Wildman–Crippen LogP) is 2.17. The van der Waals surface area contributed by atoms with Gasteiger partial charge in [0.25, 0.3) is 0 Å². The first-order valence-corrected chi connectivity index (χ1v) is 8.98. The maximum absolute atomic E-state index is 12.7. The average molecular weight is 310 g/mol. The Balaban J connectivity index is 2.27. The number of hydrogen-bond donors (Lipinski definition) is 1. The fourth-order valence-electron chi connectivity index (χ4n) is 2.80. The second kappa shape index (κ2) is 6.07. The third-order valence-corrected chi connectivity index (χ3v) is 6.03. The lowest BCUT2D eigenvalue weighted by Crippen LogP contribution is -2.39. The molecule has 0 fully saturated rings. The van der Waals surface area contributed by atoms with Gasteiger partial charge >= 0.3 is 0 Å². The quantitative estimate of drug-likeness (QED) is 0.906. The topological polar surface area (TPSA) is 63.4 Å². The molecule has 1 aromatic rings. The van der Waals surface area contributed by atoms with Crippen molar-refractivity contribution in [2.45, 2.75) is 44.4 Å². The van der Waals surface area contributed by atoms with Crippen molar-refractivity contribution in [3.63, 3.8) is 0 Å². The van der Waals surface area contributed by atoms with E-state index in [1.54, 1.807) is 13.1 Å². The van der Waals surface area contributed by atoms with Crippen LogP contribution in [0, 0.1) is 5.41 Å². The third-order valence-electron chi connectivity index (χ3n) is 4.23. The van der Waals surface area contributed by atoms with Crippen LogP contribution in [0.25, 0.3) is 0 Å². The van der Waals surface area contributed by atoms with Gasteiger partial charge in [-0.05, 0) is 60.9 Å². The number of benzene rings is 1. The Morgan fingerprint density at radius 1 is 1.19 bits per heavy atom. The highest BCUT2D eigenvalue weighted by Crippen LogP contribution is 2.26. The van der Waals surface area contributed by atoms with Crippen LogP contribution in [-0.2, 0) is 22.9 Å². The van der Waals surface area contributed by atoms with Crippen LogP contribution in [0.2, 0.25) is 0 Å². The third kappa shape index (κ3) is 3.65. The first-order valence-electron chi connectivity index (χ1n) is 7.54.